The number of nitrogens with two attached hydrogens (primary N) is 1. The molecule has 3 nitrogen and oxygen atoms in total. The first-order valence-corrected chi connectivity index (χ1v) is 5.95. The average molecular weight is 272 g/mol. The van der Waals surface area contributed by atoms with Crippen molar-refractivity contribution in [2.75, 3.05) is 0 Å². The Morgan fingerprint density at radius 1 is 1.32 bits per heavy atom. The minimum absolute atomic E-state index is 0.0485. The summed E-state index contributed by atoms with van der Waals surface area (Å²) < 4.78 is 39.3. The van der Waals surface area contributed by atoms with E-state index in [0.717, 1.165) is 12.1 Å². The molecule has 104 valence electrons. The Bertz CT molecular complexity index is 531. The fourth-order valence-electron chi connectivity index (χ4n) is 2.14. The van der Waals surface area contributed by atoms with Gasteiger partial charge >= 0.3 is 0 Å². The molecule has 1 aliphatic rings. The molecule has 1 aromatic rings. The van der Waals surface area contributed by atoms with Crippen molar-refractivity contribution >= 4 is 5.91 Å². The molecule has 6 heteroatoms. The summed E-state index contributed by atoms with van der Waals surface area (Å²) in [6.07, 6.45) is 0.573. The molecule has 0 spiro atoms. The standard InChI is InChI=1S/C13H15F3N2O/c1-13(2)8(17)5-9(13)18-12(19)6-3-4-7(14)11(16)10(6)15/h3-4,8-9H,5,17H2,1-2H3,(H,18,19). The lowest BCUT2D eigenvalue weighted by molar-refractivity contribution is 0.0583. The van der Waals surface area contributed by atoms with Gasteiger partial charge in [-0.25, -0.2) is 13.2 Å². The molecular formula is C13H15F3N2O. The van der Waals surface area contributed by atoms with Crippen molar-refractivity contribution < 1.29 is 18.0 Å². The quantitative estimate of drug-likeness (QED) is 0.809. The van der Waals surface area contributed by atoms with Gasteiger partial charge in [-0.1, -0.05) is 13.8 Å². The second-order valence-electron chi connectivity index (χ2n) is 5.41. The third-order valence-electron chi connectivity index (χ3n) is 3.93. The molecule has 0 radical (unpaired) electrons. The Morgan fingerprint density at radius 3 is 2.47 bits per heavy atom. The van der Waals surface area contributed by atoms with E-state index >= 15 is 0 Å². The predicted molar refractivity (Wildman–Crippen MR) is 63.9 cm³/mol. The van der Waals surface area contributed by atoms with Gasteiger partial charge in [0.2, 0.25) is 0 Å². The van der Waals surface area contributed by atoms with Crippen molar-refractivity contribution in [2.45, 2.75) is 32.4 Å². The summed E-state index contributed by atoms with van der Waals surface area (Å²) in [5.41, 5.74) is 4.99. The molecule has 0 saturated heterocycles. The number of benzene rings is 1. The van der Waals surface area contributed by atoms with Crippen molar-refractivity contribution in [1.29, 1.82) is 0 Å². The minimum atomic E-state index is -1.64. The summed E-state index contributed by atoms with van der Waals surface area (Å²) in [6, 6.07) is 1.40. The van der Waals surface area contributed by atoms with E-state index in [1.807, 2.05) is 13.8 Å². The van der Waals surface area contributed by atoms with Crippen LogP contribution >= 0.6 is 0 Å². The molecule has 1 aliphatic carbocycles. The normalized spacial score (nSPS) is 24.7. The van der Waals surface area contributed by atoms with Crippen molar-refractivity contribution in [3.8, 4) is 0 Å². The third-order valence-corrected chi connectivity index (χ3v) is 3.93. The lowest BCUT2D eigenvalue weighted by Crippen LogP contribution is -2.64. The van der Waals surface area contributed by atoms with Crippen LogP contribution in [0, 0.1) is 22.9 Å². The first kappa shape index (κ1) is 13.9. The Hall–Kier alpha value is -1.56. The molecule has 0 bridgehead atoms. The molecule has 1 aromatic carbocycles. The number of carbonyl (C=O) groups excluding carboxylic acids is 1. The van der Waals surface area contributed by atoms with Gasteiger partial charge in [0.15, 0.2) is 17.5 Å². The monoisotopic (exact) mass is 272 g/mol. The molecular weight excluding hydrogens is 257 g/mol. The minimum Gasteiger partial charge on any atom is -0.349 e. The van der Waals surface area contributed by atoms with E-state index in [4.69, 9.17) is 5.73 Å². The Balaban J connectivity index is 2.16. The zero-order valence-electron chi connectivity index (χ0n) is 10.6. The Morgan fingerprint density at radius 2 is 1.95 bits per heavy atom. The number of hydrogen-bond acceptors (Lipinski definition) is 2. The smallest absolute Gasteiger partial charge is 0.254 e. The van der Waals surface area contributed by atoms with Gasteiger partial charge in [-0.2, -0.15) is 0 Å². The molecule has 1 fully saturated rings. The first-order chi connectivity index (χ1) is 8.75. The van der Waals surface area contributed by atoms with Gasteiger partial charge in [-0.05, 0) is 18.6 Å². The van der Waals surface area contributed by atoms with E-state index in [1.165, 1.54) is 0 Å². The lowest BCUT2D eigenvalue weighted by atomic mass is 9.63. The Kier molecular flexibility index (Phi) is 3.30. The van der Waals surface area contributed by atoms with E-state index in [-0.39, 0.29) is 17.5 Å². The summed E-state index contributed by atoms with van der Waals surface area (Å²) in [5.74, 6) is -5.20. The SMILES string of the molecule is CC1(C)C(N)CC1NC(=O)c1ccc(F)c(F)c1F. The van der Waals surface area contributed by atoms with Crippen LogP contribution in [0.5, 0.6) is 0 Å². The van der Waals surface area contributed by atoms with Gasteiger partial charge in [0.05, 0.1) is 5.56 Å². The van der Waals surface area contributed by atoms with Crippen LogP contribution in [0.15, 0.2) is 12.1 Å². The molecule has 1 amide bonds. The average Bonchev–Trinajstić information content (AvgIpc) is 2.35. The van der Waals surface area contributed by atoms with Gasteiger partial charge in [0.25, 0.3) is 5.91 Å². The molecule has 2 atom stereocenters. The lowest BCUT2D eigenvalue weighted by Gasteiger charge is -2.50. The van der Waals surface area contributed by atoms with E-state index < -0.39 is 28.9 Å². The number of carbonyl (C=O) groups is 1. The molecule has 3 N–H and O–H groups in total. The summed E-state index contributed by atoms with van der Waals surface area (Å²) in [5, 5.41) is 2.59. The predicted octanol–water partition coefficient (Wildman–Crippen LogP) is 1.96. The van der Waals surface area contributed by atoms with Gasteiger partial charge in [0.1, 0.15) is 0 Å². The number of amides is 1. The van der Waals surface area contributed by atoms with Crippen LogP contribution in [-0.2, 0) is 0 Å². The molecule has 0 aliphatic heterocycles. The number of nitrogens with one attached hydrogen (secondary N) is 1. The van der Waals surface area contributed by atoms with Crippen molar-refractivity contribution in [3.63, 3.8) is 0 Å². The second-order valence-corrected chi connectivity index (χ2v) is 5.41. The van der Waals surface area contributed by atoms with Crippen LogP contribution in [0.2, 0.25) is 0 Å². The maximum atomic E-state index is 13.5. The maximum Gasteiger partial charge on any atom is 0.254 e. The highest BCUT2D eigenvalue weighted by Crippen LogP contribution is 2.39. The second kappa shape index (κ2) is 4.52. The highest BCUT2D eigenvalue weighted by Gasteiger charge is 2.46. The number of hydrogen-bond donors (Lipinski definition) is 2. The fraction of sp³-hybridized carbons (Fsp3) is 0.462. The zero-order valence-corrected chi connectivity index (χ0v) is 10.6. The van der Waals surface area contributed by atoms with Gasteiger partial charge in [-0.3, -0.25) is 4.79 Å². The van der Waals surface area contributed by atoms with Gasteiger partial charge in [-0.15, -0.1) is 0 Å². The molecule has 0 heterocycles. The number of halogens is 3. The van der Waals surface area contributed by atoms with E-state index in [9.17, 15) is 18.0 Å². The maximum absolute atomic E-state index is 13.5. The van der Waals surface area contributed by atoms with Crippen molar-refractivity contribution in [2.24, 2.45) is 11.1 Å². The molecule has 19 heavy (non-hydrogen) atoms. The molecule has 2 unspecified atom stereocenters. The van der Waals surface area contributed by atoms with Gasteiger partial charge < -0.3 is 11.1 Å². The van der Waals surface area contributed by atoms with Crippen molar-refractivity contribution in [3.05, 3.63) is 35.1 Å². The fourth-order valence-corrected chi connectivity index (χ4v) is 2.14. The van der Waals surface area contributed by atoms with Crippen LogP contribution in [0.3, 0.4) is 0 Å². The highest BCUT2D eigenvalue weighted by molar-refractivity contribution is 5.94. The largest absolute Gasteiger partial charge is 0.349 e. The summed E-state index contributed by atoms with van der Waals surface area (Å²) in [4.78, 5) is 11.8. The van der Waals surface area contributed by atoms with Crippen LogP contribution < -0.4 is 11.1 Å². The molecule has 1 saturated carbocycles. The van der Waals surface area contributed by atoms with E-state index in [1.54, 1.807) is 0 Å². The number of rotatable bonds is 2. The first-order valence-electron chi connectivity index (χ1n) is 5.95. The summed E-state index contributed by atoms with van der Waals surface area (Å²) in [7, 11) is 0. The topological polar surface area (TPSA) is 55.1 Å². The highest BCUT2D eigenvalue weighted by atomic mass is 19.2. The molecule has 2 rings (SSSR count). The van der Waals surface area contributed by atoms with Gasteiger partial charge in [0, 0.05) is 17.5 Å². The van der Waals surface area contributed by atoms with Crippen LogP contribution in [0.1, 0.15) is 30.6 Å². The van der Waals surface area contributed by atoms with Crippen LogP contribution in [0.4, 0.5) is 13.2 Å². The van der Waals surface area contributed by atoms with Crippen LogP contribution in [-0.4, -0.2) is 18.0 Å². The van der Waals surface area contributed by atoms with E-state index in [2.05, 4.69) is 5.32 Å². The molecule has 0 aromatic heterocycles. The Labute approximate surface area is 109 Å². The third kappa shape index (κ3) is 2.20. The van der Waals surface area contributed by atoms with Crippen LogP contribution in [0.25, 0.3) is 0 Å². The van der Waals surface area contributed by atoms with E-state index in [0.29, 0.717) is 6.42 Å². The van der Waals surface area contributed by atoms with Crippen molar-refractivity contribution in [1.82, 2.24) is 5.32 Å². The summed E-state index contributed by atoms with van der Waals surface area (Å²) in [6.45, 7) is 3.77. The summed E-state index contributed by atoms with van der Waals surface area (Å²) >= 11 is 0. The zero-order chi connectivity index (χ0) is 14.4.